The molecular weight excluding hydrogens is 606 g/mol. The molecule has 10 heteroatoms. The highest BCUT2D eigenvalue weighted by Crippen LogP contribution is 2.43. The van der Waals surface area contributed by atoms with Gasteiger partial charge < -0.3 is 15.1 Å². The molecule has 1 fully saturated rings. The Morgan fingerprint density at radius 2 is 1.48 bits per heavy atom. The third-order valence-corrected chi connectivity index (χ3v) is 9.18. The molecule has 1 amide bonds. The number of nitro benzene ring substituents is 1. The molecule has 9 nitrogen and oxygen atoms in total. The smallest absolute Gasteiger partial charge is 0.269 e. The van der Waals surface area contributed by atoms with E-state index in [1.807, 2.05) is 0 Å². The van der Waals surface area contributed by atoms with Crippen LogP contribution < -0.4 is 0 Å². The molecule has 5 rings (SSSR count). The fraction of sp³-hybridized carbons (Fsp3) is 0.333. The van der Waals surface area contributed by atoms with Gasteiger partial charge in [0.05, 0.1) is 23.1 Å². The van der Waals surface area contributed by atoms with Gasteiger partial charge in [-0.15, -0.1) is 12.4 Å². The first-order valence-corrected chi connectivity index (χ1v) is 15.1. The number of amides is 1. The second-order valence-corrected chi connectivity index (χ2v) is 11.6. The SMILES string of the molecule is CC(=O)C1=C(C)N(C=O)C(C)=C(OCCCN2CCC(c3ccccc3)(c3ccccc3)CC2)C1c1ccc([N+](=O)[O-])cc1.Cl.O. The van der Waals surface area contributed by atoms with Gasteiger partial charge in [-0.3, -0.25) is 24.6 Å². The number of benzene rings is 3. The second-order valence-electron chi connectivity index (χ2n) is 11.6. The third-order valence-electron chi connectivity index (χ3n) is 9.18. The highest BCUT2D eigenvalue weighted by Gasteiger charge is 2.38. The number of ether oxygens (including phenoxy) is 1. The first-order chi connectivity index (χ1) is 21.3. The second kappa shape index (κ2) is 15.8. The van der Waals surface area contributed by atoms with Crippen LogP contribution in [0.5, 0.6) is 0 Å². The Labute approximate surface area is 276 Å². The number of Topliss-reactive ketones (excluding diaryl/α,β-unsaturated/α-hetero) is 1. The van der Waals surface area contributed by atoms with Crippen molar-refractivity contribution < 1.29 is 24.7 Å². The third kappa shape index (κ3) is 7.22. The zero-order valence-corrected chi connectivity index (χ0v) is 27.3. The fourth-order valence-corrected chi connectivity index (χ4v) is 6.85. The molecule has 0 bridgehead atoms. The lowest BCUT2D eigenvalue weighted by Gasteiger charge is -2.43. The molecule has 0 radical (unpaired) electrons. The van der Waals surface area contributed by atoms with Crippen molar-refractivity contribution in [3.05, 3.63) is 134 Å². The zero-order chi connectivity index (χ0) is 31.3. The van der Waals surface area contributed by atoms with Crippen molar-refractivity contribution in [1.82, 2.24) is 9.80 Å². The lowest BCUT2D eigenvalue weighted by atomic mass is 9.68. The van der Waals surface area contributed by atoms with E-state index in [0.29, 0.717) is 41.3 Å². The molecule has 0 aliphatic carbocycles. The summed E-state index contributed by atoms with van der Waals surface area (Å²) in [6.07, 6.45) is 3.51. The van der Waals surface area contributed by atoms with Gasteiger partial charge in [-0.05, 0) is 69.8 Å². The van der Waals surface area contributed by atoms with E-state index < -0.39 is 10.8 Å². The molecule has 0 spiro atoms. The van der Waals surface area contributed by atoms with Crippen molar-refractivity contribution in [1.29, 1.82) is 0 Å². The van der Waals surface area contributed by atoms with Gasteiger partial charge in [-0.2, -0.15) is 0 Å². The van der Waals surface area contributed by atoms with Crippen molar-refractivity contribution in [3.8, 4) is 0 Å². The van der Waals surface area contributed by atoms with Crippen LogP contribution in [0.2, 0.25) is 0 Å². The van der Waals surface area contributed by atoms with Crippen LogP contribution >= 0.6 is 12.4 Å². The Hall–Kier alpha value is -4.31. The van der Waals surface area contributed by atoms with Crippen LogP contribution in [-0.4, -0.2) is 58.6 Å². The molecule has 244 valence electrons. The summed E-state index contributed by atoms with van der Waals surface area (Å²) < 4.78 is 6.40. The molecule has 2 aliphatic rings. The van der Waals surface area contributed by atoms with E-state index in [4.69, 9.17) is 4.74 Å². The van der Waals surface area contributed by atoms with Gasteiger partial charge in [0.25, 0.3) is 5.69 Å². The number of halogens is 1. The summed E-state index contributed by atoms with van der Waals surface area (Å²) in [5.41, 5.74) is 4.97. The Kier molecular flexibility index (Phi) is 12.4. The lowest BCUT2D eigenvalue weighted by Crippen LogP contribution is -2.43. The standard InChI is InChI=1S/C36H39N3O5.ClH.H2O/c1-26-33(28(3)41)34(29-15-17-32(18-16-29)39(42)43)35(27(2)38(26)25-40)44-24-10-21-37-22-19-36(20-23-37,30-11-6-4-7-12-30)31-13-8-5-9-14-31;;/h4-9,11-18,25,34H,10,19-24H2,1-3H3;1H;1H2. The Balaban J connectivity index is 0.00000288. The molecule has 3 aromatic rings. The highest BCUT2D eigenvalue weighted by atomic mass is 35.5. The quantitative estimate of drug-likeness (QED) is 0.104. The zero-order valence-electron chi connectivity index (χ0n) is 26.5. The molecule has 2 aliphatic heterocycles. The lowest BCUT2D eigenvalue weighted by molar-refractivity contribution is -0.384. The van der Waals surface area contributed by atoms with Gasteiger partial charge in [-0.25, -0.2) is 0 Å². The summed E-state index contributed by atoms with van der Waals surface area (Å²) in [6, 6.07) is 27.8. The van der Waals surface area contributed by atoms with Gasteiger partial charge in [0.15, 0.2) is 5.78 Å². The van der Waals surface area contributed by atoms with E-state index in [-0.39, 0.29) is 34.8 Å². The molecule has 1 saturated heterocycles. The highest BCUT2D eigenvalue weighted by molar-refractivity contribution is 5.97. The van der Waals surface area contributed by atoms with Crippen molar-refractivity contribution in [2.75, 3.05) is 26.2 Å². The summed E-state index contributed by atoms with van der Waals surface area (Å²) in [5.74, 6) is -0.218. The largest absolute Gasteiger partial charge is 0.495 e. The van der Waals surface area contributed by atoms with Crippen molar-refractivity contribution in [2.24, 2.45) is 0 Å². The van der Waals surface area contributed by atoms with Crippen LogP contribution in [-0.2, 0) is 19.7 Å². The average molecular weight is 648 g/mol. The molecule has 0 saturated carbocycles. The Morgan fingerprint density at radius 1 is 0.935 bits per heavy atom. The predicted octanol–water partition coefficient (Wildman–Crippen LogP) is 6.33. The first-order valence-electron chi connectivity index (χ1n) is 15.1. The van der Waals surface area contributed by atoms with E-state index in [1.54, 1.807) is 26.0 Å². The van der Waals surface area contributed by atoms with Crippen LogP contribution in [0.25, 0.3) is 0 Å². The topological polar surface area (TPSA) is 124 Å². The number of rotatable bonds is 11. The maximum Gasteiger partial charge on any atom is 0.269 e. The molecule has 1 unspecified atom stereocenters. The molecule has 1 atom stereocenters. The number of carbonyl (C=O) groups excluding carboxylic acids is 2. The van der Waals surface area contributed by atoms with Crippen LogP contribution in [0.15, 0.2) is 108 Å². The van der Waals surface area contributed by atoms with Gasteiger partial charge in [0, 0.05) is 35.4 Å². The summed E-state index contributed by atoms with van der Waals surface area (Å²) >= 11 is 0. The average Bonchev–Trinajstić information content (AvgIpc) is 3.05. The van der Waals surface area contributed by atoms with E-state index in [9.17, 15) is 19.7 Å². The van der Waals surface area contributed by atoms with E-state index >= 15 is 0 Å². The molecule has 0 aromatic heterocycles. The number of non-ortho nitro benzene ring substituents is 1. The number of nitro groups is 1. The fourth-order valence-electron chi connectivity index (χ4n) is 6.85. The Bertz CT molecular complexity index is 1520. The monoisotopic (exact) mass is 647 g/mol. The van der Waals surface area contributed by atoms with E-state index in [2.05, 4.69) is 65.6 Å². The van der Waals surface area contributed by atoms with Gasteiger partial charge in [0.1, 0.15) is 5.76 Å². The minimum Gasteiger partial charge on any atom is -0.495 e. The van der Waals surface area contributed by atoms with E-state index in [1.165, 1.54) is 35.1 Å². The number of ketones is 1. The van der Waals surface area contributed by atoms with Crippen LogP contribution in [0.1, 0.15) is 62.6 Å². The van der Waals surface area contributed by atoms with Crippen molar-refractivity contribution in [2.45, 2.75) is 51.4 Å². The number of likely N-dealkylation sites (tertiary alicyclic amines) is 1. The molecular formula is C36H42ClN3O6. The number of nitrogens with zero attached hydrogens (tertiary/aromatic N) is 3. The maximum atomic E-state index is 12.9. The van der Waals surface area contributed by atoms with Crippen molar-refractivity contribution >= 4 is 30.3 Å². The van der Waals surface area contributed by atoms with Gasteiger partial charge >= 0.3 is 0 Å². The summed E-state index contributed by atoms with van der Waals surface area (Å²) in [4.78, 5) is 39.7. The Morgan fingerprint density at radius 3 is 1.96 bits per heavy atom. The van der Waals surface area contributed by atoms with Gasteiger partial charge in [0.2, 0.25) is 6.41 Å². The molecule has 46 heavy (non-hydrogen) atoms. The van der Waals surface area contributed by atoms with Crippen LogP contribution in [0.4, 0.5) is 5.69 Å². The minimum atomic E-state index is -0.558. The summed E-state index contributed by atoms with van der Waals surface area (Å²) in [6.45, 7) is 8.22. The maximum absolute atomic E-state index is 12.9. The van der Waals surface area contributed by atoms with Crippen LogP contribution in [0.3, 0.4) is 0 Å². The first kappa shape index (κ1) is 36.2. The summed E-state index contributed by atoms with van der Waals surface area (Å²) in [7, 11) is 0. The molecule has 2 N–H and O–H groups in total. The van der Waals surface area contributed by atoms with Crippen molar-refractivity contribution in [3.63, 3.8) is 0 Å². The molecule has 2 heterocycles. The normalized spacial score (nSPS) is 17.9. The number of carbonyl (C=O) groups is 2. The summed E-state index contributed by atoms with van der Waals surface area (Å²) in [5, 5.41) is 11.3. The number of allylic oxidation sites excluding steroid dienone is 3. The number of hydrogen-bond donors (Lipinski definition) is 0. The predicted molar refractivity (Wildman–Crippen MR) is 181 cm³/mol. The number of piperidine rings is 1. The minimum absolute atomic E-state index is 0. The van der Waals surface area contributed by atoms with Gasteiger partial charge in [-0.1, -0.05) is 72.8 Å². The molecule has 3 aromatic carbocycles. The van der Waals surface area contributed by atoms with E-state index in [0.717, 1.165) is 38.9 Å². The van der Waals surface area contributed by atoms with Crippen LogP contribution in [0, 0.1) is 10.1 Å². The number of hydrogen-bond acceptors (Lipinski definition) is 6.